The van der Waals surface area contributed by atoms with Crippen molar-refractivity contribution < 1.29 is 4.79 Å². The van der Waals surface area contributed by atoms with Gasteiger partial charge in [-0.15, -0.1) is 12.4 Å². The van der Waals surface area contributed by atoms with Crippen molar-refractivity contribution in [3.63, 3.8) is 0 Å². The van der Waals surface area contributed by atoms with Gasteiger partial charge < -0.3 is 10.2 Å². The molecular weight excluding hydrogens is 368 g/mol. The van der Waals surface area contributed by atoms with E-state index in [1.165, 1.54) is 57.8 Å². The second-order valence-electron chi connectivity index (χ2n) is 9.86. The molecule has 3 unspecified atom stereocenters. The number of amides is 1. The van der Waals surface area contributed by atoms with Crippen molar-refractivity contribution in [1.82, 2.24) is 10.2 Å². The molecule has 0 aliphatic carbocycles. The Labute approximate surface area is 183 Å². The lowest BCUT2D eigenvalue weighted by molar-refractivity contribution is -0.121. The molecular formula is C24H51ClN2O. The van der Waals surface area contributed by atoms with Crippen LogP contribution in [-0.2, 0) is 4.79 Å². The van der Waals surface area contributed by atoms with E-state index < -0.39 is 0 Å². The molecule has 0 radical (unpaired) electrons. The fourth-order valence-electron chi connectivity index (χ4n) is 3.70. The van der Waals surface area contributed by atoms with Crippen molar-refractivity contribution in [1.29, 1.82) is 0 Å². The Kier molecular flexibility index (Phi) is 20.0. The smallest absolute Gasteiger partial charge is 0.220 e. The molecule has 0 spiro atoms. The molecule has 4 heteroatoms. The van der Waals surface area contributed by atoms with Gasteiger partial charge in [-0.05, 0) is 37.8 Å². The Balaban J connectivity index is 0. The summed E-state index contributed by atoms with van der Waals surface area (Å²) in [4.78, 5) is 14.0. The molecule has 0 aromatic rings. The lowest BCUT2D eigenvalue weighted by Crippen LogP contribution is -2.32. The molecule has 1 amide bonds. The highest BCUT2D eigenvalue weighted by atomic mass is 35.5. The zero-order valence-corrected chi connectivity index (χ0v) is 20.9. The van der Waals surface area contributed by atoms with Crippen LogP contribution >= 0.6 is 12.4 Å². The molecule has 0 saturated carbocycles. The van der Waals surface area contributed by atoms with Crippen molar-refractivity contribution in [2.45, 2.75) is 98.8 Å². The number of likely N-dealkylation sites (N-methyl/N-ethyl adjacent to an activating group) is 1. The Morgan fingerprint density at radius 2 is 1.18 bits per heavy atom. The molecule has 0 aliphatic heterocycles. The van der Waals surface area contributed by atoms with E-state index in [0.717, 1.165) is 30.8 Å². The maximum atomic E-state index is 11.9. The van der Waals surface area contributed by atoms with Gasteiger partial charge in [0.2, 0.25) is 5.91 Å². The van der Waals surface area contributed by atoms with Crippen LogP contribution in [0, 0.1) is 23.7 Å². The van der Waals surface area contributed by atoms with Gasteiger partial charge >= 0.3 is 0 Å². The van der Waals surface area contributed by atoms with Crippen LogP contribution in [0.1, 0.15) is 98.8 Å². The largest absolute Gasteiger partial charge is 0.355 e. The van der Waals surface area contributed by atoms with E-state index in [2.05, 4.69) is 44.8 Å². The maximum Gasteiger partial charge on any atom is 0.220 e. The Morgan fingerprint density at radius 1 is 0.750 bits per heavy atom. The third-order valence-electron chi connectivity index (χ3n) is 5.68. The predicted molar refractivity (Wildman–Crippen MR) is 127 cm³/mol. The Morgan fingerprint density at radius 3 is 1.61 bits per heavy atom. The van der Waals surface area contributed by atoms with Gasteiger partial charge in [0.1, 0.15) is 0 Å². The number of nitrogens with one attached hydrogen (secondary N) is 1. The maximum absolute atomic E-state index is 11.9. The molecule has 0 bridgehead atoms. The first-order valence-corrected chi connectivity index (χ1v) is 11.6. The molecule has 1 N–H and O–H groups in total. The first kappa shape index (κ1) is 29.9. The van der Waals surface area contributed by atoms with Crippen molar-refractivity contribution in [3.05, 3.63) is 0 Å². The summed E-state index contributed by atoms with van der Waals surface area (Å²) in [6.45, 7) is 13.4. The minimum atomic E-state index is 0. The van der Waals surface area contributed by atoms with Crippen LogP contribution in [-0.4, -0.2) is 38.0 Å². The van der Waals surface area contributed by atoms with Gasteiger partial charge in [0, 0.05) is 19.5 Å². The van der Waals surface area contributed by atoms with Crippen LogP contribution in [0.15, 0.2) is 0 Å². The second-order valence-corrected chi connectivity index (χ2v) is 9.86. The van der Waals surface area contributed by atoms with Gasteiger partial charge in [0.15, 0.2) is 0 Å². The molecule has 0 aliphatic rings. The molecule has 0 aromatic carbocycles. The average molecular weight is 419 g/mol. The van der Waals surface area contributed by atoms with Crippen LogP contribution in [0.4, 0.5) is 0 Å². The lowest BCUT2D eigenvalue weighted by atomic mass is 9.90. The molecule has 3 atom stereocenters. The Hall–Kier alpha value is -0.280. The van der Waals surface area contributed by atoms with Crippen LogP contribution in [0.2, 0.25) is 0 Å². The van der Waals surface area contributed by atoms with Gasteiger partial charge in [0.05, 0.1) is 0 Å². The highest BCUT2D eigenvalue weighted by Gasteiger charge is 2.11. The fraction of sp³-hybridized carbons (Fsp3) is 0.958. The molecule has 170 valence electrons. The average Bonchev–Trinajstić information content (AvgIpc) is 2.53. The third kappa shape index (κ3) is 20.5. The van der Waals surface area contributed by atoms with Crippen LogP contribution < -0.4 is 5.32 Å². The molecule has 0 aromatic heterocycles. The van der Waals surface area contributed by atoms with Gasteiger partial charge in [-0.1, -0.05) is 92.4 Å². The van der Waals surface area contributed by atoms with Crippen molar-refractivity contribution in [2.75, 3.05) is 27.2 Å². The number of hydrogen-bond donors (Lipinski definition) is 1. The summed E-state index contributed by atoms with van der Waals surface area (Å²) in [5.74, 6) is 3.28. The summed E-state index contributed by atoms with van der Waals surface area (Å²) in [5, 5.41) is 3.02. The quantitative estimate of drug-likeness (QED) is 0.290. The van der Waals surface area contributed by atoms with Crippen LogP contribution in [0.25, 0.3) is 0 Å². The minimum Gasteiger partial charge on any atom is -0.355 e. The van der Waals surface area contributed by atoms with E-state index in [-0.39, 0.29) is 18.3 Å². The van der Waals surface area contributed by atoms with E-state index in [1.807, 2.05) is 14.1 Å². The second kappa shape index (κ2) is 18.7. The van der Waals surface area contributed by atoms with E-state index in [4.69, 9.17) is 0 Å². The first-order valence-electron chi connectivity index (χ1n) is 11.6. The van der Waals surface area contributed by atoms with E-state index in [0.29, 0.717) is 12.3 Å². The lowest BCUT2D eigenvalue weighted by Gasteiger charge is -2.16. The van der Waals surface area contributed by atoms with Gasteiger partial charge in [-0.3, -0.25) is 4.79 Å². The predicted octanol–water partition coefficient (Wildman–Crippen LogP) is 6.55. The monoisotopic (exact) mass is 418 g/mol. The number of hydrogen-bond acceptors (Lipinski definition) is 2. The fourth-order valence-corrected chi connectivity index (χ4v) is 3.70. The third-order valence-corrected chi connectivity index (χ3v) is 5.68. The number of nitrogens with zero attached hydrogens (tertiary/aromatic N) is 1. The summed E-state index contributed by atoms with van der Waals surface area (Å²) in [6, 6.07) is 0. The van der Waals surface area contributed by atoms with Crippen LogP contribution in [0.3, 0.4) is 0 Å². The number of rotatable bonds is 17. The number of halogens is 1. The molecule has 3 nitrogen and oxygen atoms in total. The topological polar surface area (TPSA) is 32.3 Å². The van der Waals surface area contributed by atoms with E-state index in [9.17, 15) is 4.79 Å². The van der Waals surface area contributed by atoms with Crippen molar-refractivity contribution in [3.8, 4) is 0 Å². The highest BCUT2D eigenvalue weighted by molar-refractivity contribution is 5.85. The molecule has 0 heterocycles. The van der Waals surface area contributed by atoms with Crippen LogP contribution in [0.5, 0.6) is 0 Å². The summed E-state index contributed by atoms with van der Waals surface area (Å²) in [6.07, 6.45) is 12.8. The Bertz CT molecular complexity index is 361. The highest BCUT2D eigenvalue weighted by Crippen LogP contribution is 2.22. The van der Waals surface area contributed by atoms with E-state index in [1.54, 1.807) is 0 Å². The van der Waals surface area contributed by atoms with Gasteiger partial charge in [0.25, 0.3) is 0 Å². The van der Waals surface area contributed by atoms with Gasteiger partial charge in [-0.25, -0.2) is 0 Å². The zero-order chi connectivity index (χ0) is 20.7. The standard InChI is InChI=1S/C24H50N2O.ClH/c1-20(2)11-8-12-21(3)13-9-14-22(4)15-10-16-23(5)19-24(27)25-17-18-26(6)7;/h20-23H,8-19H2,1-7H3,(H,25,27);1H. The SMILES string of the molecule is CC(C)CCCC(C)CCCC(C)CCCC(C)CC(=O)NCCN(C)C.Cl. The molecule has 28 heavy (non-hydrogen) atoms. The zero-order valence-electron chi connectivity index (χ0n) is 20.1. The van der Waals surface area contributed by atoms with Gasteiger partial charge in [-0.2, -0.15) is 0 Å². The summed E-state index contributed by atoms with van der Waals surface area (Å²) in [7, 11) is 4.06. The summed E-state index contributed by atoms with van der Waals surface area (Å²) < 4.78 is 0. The first-order chi connectivity index (χ1) is 12.7. The molecule has 0 fully saturated rings. The molecule has 0 rings (SSSR count). The van der Waals surface area contributed by atoms with Crippen molar-refractivity contribution in [2.24, 2.45) is 23.7 Å². The van der Waals surface area contributed by atoms with Crippen molar-refractivity contribution >= 4 is 18.3 Å². The minimum absolute atomic E-state index is 0. The summed E-state index contributed by atoms with van der Waals surface area (Å²) >= 11 is 0. The molecule has 0 saturated heterocycles. The summed E-state index contributed by atoms with van der Waals surface area (Å²) in [5.41, 5.74) is 0. The number of carbonyl (C=O) groups is 1. The number of carbonyl (C=O) groups excluding carboxylic acids is 1. The normalized spacial score (nSPS) is 14.6. The van der Waals surface area contributed by atoms with E-state index >= 15 is 0 Å².